The second-order valence-electron chi connectivity index (χ2n) is 7.83. The molecule has 0 spiro atoms. The van der Waals surface area contributed by atoms with Crippen LogP contribution in [0.2, 0.25) is 0 Å². The van der Waals surface area contributed by atoms with Crippen LogP contribution >= 0.6 is 0 Å². The summed E-state index contributed by atoms with van der Waals surface area (Å²) in [6.07, 6.45) is 4.69. The first-order valence-electron chi connectivity index (χ1n) is 10.5. The van der Waals surface area contributed by atoms with Crippen LogP contribution in [0, 0.1) is 24.5 Å². The molecular formula is C24H24F2N4O2. The number of aromatic nitrogens is 2. The van der Waals surface area contributed by atoms with Gasteiger partial charge in [-0.3, -0.25) is 4.79 Å². The zero-order valence-electron chi connectivity index (χ0n) is 17.7. The number of piperidine rings is 1. The number of nitrogens with one attached hydrogen (secondary N) is 1. The number of rotatable bonds is 6. The zero-order chi connectivity index (χ0) is 22.5. The molecule has 3 aromatic rings. The molecule has 0 aliphatic carbocycles. The number of hydrogen-bond acceptors (Lipinski definition) is 5. The quantitative estimate of drug-likeness (QED) is 0.618. The number of amides is 1. The van der Waals surface area contributed by atoms with Crippen LogP contribution in [0.4, 0.5) is 14.6 Å². The predicted octanol–water partition coefficient (Wildman–Crippen LogP) is 4.39. The van der Waals surface area contributed by atoms with Gasteiger partial charge in [-0.15, -0.1) is 0 Å². The zero-order valence-corrected chi connectivity index (χ0v) is 17.7. The van der Waals surface area contributed by atoms with Crippen molar-refractivity contribution >= 4 is 11.7 Å². The number of aryl methyl sites for hydroxylation is 1. The molecule has 2 aromatic carbocycles. The lowest BCUT2D eigenvalue weighted by Crippen LogP contribution is -2.43. The summed E-state index contributed by atoms with van der Waals surface area (Å²) >= 11 is 0. The highest BCUT2D eigenvalue weighted by Crippen LogP contribution is 2.32. The lowest BCUT2D eigenvalue weighted by Gasteiger charge is -2.33. The summed E-state index contributed by atoms with van der Waals surface area (Å²) < 4.78 is 32.8. The fraction of sp³-hybridized carbons (Fsp3) is 0.292. The predicted molar refractivity (Wildman–Crippen MR) is 116 cm³/mol. The molecule has 1 aromatic heterocycles. The fourth-order valence-corrected chi connectivity index (χ4v) is 3.81. The molecule has 8 heteroatoms. The van der Waals surface area contributed by atoms with Gasteiger partial charge in [-0.05, 0) is 49.1 Å². The van der Waals surface area contributed by atoms with Crippen molar-refractivity contribution in [3.8, 4) is 11.6 Å². The van der Waals surface area contributed by atoms with Gasteiger partial charge in [0.2, 0.25) is 5.91 Å². The SMILES string of the molecule is Cc1ccccc1Oc1nccnc1N1CCC[C@@H](C(=O)NCc2cc(F)cc(F)c2)C1. The molecule has 2 heterocycles. The minimum atomic E-state index is -0.665. The molecule has 32 heavy (non-hydrogen) atoms. The smallest absolute Gasteiger partial charge is 0.263 e. The van der Waals surface area contributed by atoms with E-state index in [4.69, 9.17) is 4.74 Å². The van der Waals surface area contributed by atoms with Crippen molar-refractivity contribution in [2.75, 3.05) is 18.0 Å². The van der Waals surface area contributed by atoms with E-state index in [1.54, 1.807) is 12.4 Å². The van der Waals surface area contributed by atoms with Gasteiger partial charge in [0, 0.05) is 38.1 Å². The van der Waals surface area contributed by atoms with E-state index in [1.807, 2.05) is 36.1 Å². The lowest BCUT2D eigenvalue weighted by molar-refractivity contribution is -0.125. The number of ether oxygens (including phenoxy) is 1. The van der Waals surface area contributed by atoms with E-state index in [1.165, 1.54) is 12.1 Å². The van der Waals surface area contributed by atoms with Crippen molar-refractivity contribution in [2.45, 2.75) is 26.3 Å². The summed E-state index contributed by atoms with van der Waals surface area (Å²) in [6.45, 7) is 3.20. The summed E-state index contributed by atoms with van der Waals surface area (Å²) in [4.78, 5) is 23.6. The number of halogens is 2. The average molecular weight is 438 g/mol. The van der Waals surface area contributed by atoms with Crippen molar-refractivity contribution in [1.29, 1.82) is 0 Å². The van der Waals surface area contributed by atoms with Crippen molar-refractivity contribution < 1.29 is 18.3 Å². The molecule has 1 aliphatic rings. The Labute approximate surface area is 185 Å². The monoisotopic (exact) mass is 438 g/mol. The van der Waals surface area contributed by atoms with E-state index >= 15 is 0 Å². The minimum Gasteiger partial charge on any atom is -0.436 e. The van der Waals surface area contributed by atoms with Gasteiger partial charge < -0.3 is 15.0 Å². The summed E-state index contributed by atoms with van der Waals surface area (Å²) in [6, 6.07) is 10.9. The maximum atomic E-state index is 13.4. The van der Waals surface area contributed by atoms with Crippen molar-refractivity contribution in [3.05, 3.63) is 77.6 Å². The minimum absolute atomic E-state index is 0.0663. The van der Waals surface area contributed by atoms with Crippen LogP contribution < -0.4 is 15.0 Å². The van der Waals surface area contributed by atoms with E-state index in [9.17, 15) is 13.6 Å². The van der Waals surface area contributed by atoms with Crippen LogP contribution in [-0.4, -0.2) is 29.0 Å². The summed E-state index contributed by atoms with van der Waals surface area (Å²) in [5, 5.41) is 2.79. The Bertz CT molecular complexity index is 1090. The van der Waals surface area contributed by atoms with E-state index in [0.29, 0.717) is 36.0 Å². The number of hydrogen-bond donors (Lipinski definition) is 1. The Morgan fingerprint density at radius 2 is 1.91 bits per heavy atom. The number of benzene rings is 2. The maximum Gasteiger partial charge on any atom is 0.263 e. The van der Waals surface area contributed by atoms with Gasteiger partial charge in [-0.2, -0.15) is 0 Å². The van der Waals surface area contributed by atoms with Gasteiger partial charge in [-0.1, -0.05) is 18.2 Å². The maximum absolute atomic E-state index is 13.4. The highest BCUT2D eigenvalue weighted by molar-refractivity contribution is 5.79. The Morgan fingerprint density at radius 1 is 1.16 bits per heavy atom. The van der Waals surface area contributed by atoms with Crippen molar-refractivity contribution in [3.63, 3.8) is 0 Å². The molecule has 0 radical (unpaired) electrons. The molecular weight excluding hydrogens is 414 g/mol. The third-order valence-electron chi connectivity index (χ3n) is 5.43. The molecule has 166 valence electrons. The molecule has 1 aliphatic heterocycles. The van der Waals surface area contributed by atoms with Gasteiger partial charge in [0.25, 0.3) is 5.88 Å². The van der Waals surface area contributed by atoms with Crippen LogP contribution in [0.15, 0.2) is 54.9 Å². The molecule has 1 fully saturated rings. The van der Waals surface area contributed by atoms with E-state index in [0.717, 1.165) is 24.6 Å². The van der Waals surface area contributed by atoms with E-state index in [2.05, 4.69) is 15.3 Å². The largest absolute Gasteiger partial charge is 0.436 e. The van der Waals surface area contributed by atoms with Crippen molar-refractivity contribution in [2.24, 2.45) is 5.92 Å². The number of nitrogens with zero attached hydrogens (tertiary/aromatic N) is 3. The molecule has 0 unspecified atom stereocenters. The number of anilines is 1. The van der Waals surface area contributed by atoms with Crippen molar-refractivity contribution in [1.82, 2.24) is 15.3 Å². The molecule has 1 atom stereocenters. The molecule has 1 N–H and O–H groups in total. The Kier molecular flexibility index (Phi) is 6.58. The first kappa shape index (κ1) is 21.7. The first-order valence-corrected chi connectivity index (χ1v) is 10.5. The van der Waals surface area contributed by atoms with Crippen LogP contribution in [0.1, 0.15) is 24.0 Å². The molecule has 0 saturated carbocycles. The van der Waals surface area contributed by atoms with Gasteiger partial charge >= 0.3 is 0 Å². The second kappa shape index (κ2) is 9.72. The standard InChI is InChI=1S/C24H24F2N4O2/c1-16-5-2-3-7-21(16)32-24-22(27-8-9-28-24)30-10-4-6-18(15-30)23(31)29-14-17-11-19(25)13-20(26)12-17/h2-3,5,7-9,11-13,18H,4,6,10,14-15H2,1H3,(H,29,31)/t18-/m1/s1. The van der Waals surface area contributed by atoms with Crippen LogP contribution in [0.3, 0.4) is 0 Å². The van der Waals surface area contributed by atoms with E-state index < -0.39 is 11.6 Å². The Hall–Kier alpha value is -3.55. The molecule has 1 amide bonds. The fourth-order valence-electron chi connectivity index (χ4n) is 3.81. The average Bonchev–Trinajstić information content (AvgIpc) is 2.79. The third-order valence-corrected chi connectivity index (χ3v) is 5.43. The summed E-state index contributed by atoms with van der Waals surface area (Å²) in [5.41, 5.74) is 1.36. The summed E-state index contributed by atoms with van der Waals surface area (Å²) in [5.74, 6) is -0.106. The lowest BCUT2D eigenvalue weighted by atomic mass is 9.97. The Balaban J connectivity index is 1.44. The molecule has 4 rings (SSSR count). The first-order chi connectivity index (χ1) is 15.5. The van der Waals surface area contributed by atoms with Gasteiger partial charge in [0.15, 0.2) is 5.82 Å². The van der Waals surface area contributed by atoms with Gasteiger partial charge in [-0.25, -0.2) is 18.7 Å². The van der Waals surface area contributed by atoms with Crippen LogP contribution in [0.5, 0.6) is 11.6 Å². The third kappa shape index (κ3) is 5.19. The topological polar surface area (TPSA) is 67.4 Å². The van der Waals surface area contributed by atoms with Crippen LogP contribution in [0.25, 0.3) is 0 Å². The number of carbonyl (C=O) groups excluding carboxylic acids is 1. The normalized spacial score (nSPS) is 16.0. The highest BCUT2D eigenvalue weighted by Gasteiger charge is 2.28. The Morgan fingerprint density at radius 3 is 2.69 bits per heavy atom. The van der Waals surface area contributed by atoms with E-state index in [-0.39, 0.29) is 18.4 Å². The molecule has 6 nitrogen and oxygen atoms in total. The van der Waals surface area contributed by atoms with Gasteiger partial charge in [0.05, 0.1) is 5.92 Å². The molecule has 0 bridgehead atoms. The highest BCUT2D eigenvalue weighted by atomic mass is 19.1. The number of carbonyl (C=O) groups is 1. The van der Waals surface area contributed by atoms with Crippen LogP contribution in [-0.2, 0) is 11.3 Å². The summed E-state index contributed by atoms with van der Waals surface area (Å²) in [7, 11) is 0. The second-order valence-corrected chi connectivity index (χ2v) is 7.83. The molecule has 1 saturated heterocycles. The number of para-hydroxylation sites is 1. The van der Waals surface area contributed by atoms with Gasteiger partial charge in [0.1, 0.15) is 17.4 Å².